The van der Waals surface area contributed by atoms with Gasteiger partial charge < -0.3 is 10.0 Å². The smallest absolute Gasteiger partial charge is 0.257 e. The number of aromatic nitrogens is 2. The first-order valence-corrected chi connectivity index (χ1v) is 10.5. The van der Waals surface area contributed by atoms with Crippen molar-refractivity contribution in [3.63, 3.8) is 0 Å². The van der Waals surface area contributed by atoms with Gasteiger partial charge in [-0.1, -0.05) is 59.7 Å². The lowest BCUT2D eigenvalue weighted by Gasteiger charge is -2.22. The van der Waals surface area contributed by atoms with Gasteiger partial charge in [-0.25, -0.2) is 0 Å². The zero-order valence-corrected chi connectivity index (χ0v) is 18.1. The van der Waals surface area contributed by atoms with Crippen LogP contribution < -0.4 is 0 Å². The fourth-order valence-electron chi connectivity index (χ4n) is 3.84. The molecule has 0 aliphatic heterocycles. The van der Waals surface area contributed by atoms with Crippen LogP contribution in [0.15, 0.2) is 60.7 Å². The third-order valence-electron chi connectivity index (χ3n) is 5.61. The first kappa shape index (κ1) is 20.7. The summed E-state index contributed by atoms with van der Waals surface area (Å²) in [6.45, 7) is 7.09. The minimum atomic E-state index is -0.190. The fourth-order valence-corrected chi connectivity index (χ4v) is 3.84. The number of phenolic OH excluding ortho intramolecular Hbond substituents is 1. The summed E-state index contributed by atoms with van der Waals surface area (Å²) < 4.78 is 0. The van der Waals surface area contributed by atoms with Crippen molar-refractivity contribution in [2.75, 3.05) is 6.54 Å². The molecule has 2 N–H and O–H groups in total. The number of phenols is 1. The maximum absolute atomic E-state index is 13.3. The van der Waals surface area contributed by atoms with Gasteiger partial charge in [-0.2, -0.15) is 5.10 Å². The van der Waals surface area contributed by atoms with Crippen molar-refractivity contribution in [1.82, 2.24) is 15.1 Å². The number of hydrogen-bond donors (Lipinski definition) is 2. The van der Waals surface area contributed by atoms with E-state index in [-0.39, 0.29) is 11.7 Å². The highest BCUT2D eigenvalue weighted by Crippen LogP contribution is 2.28. The average molecular weight is 414 g/mol. The molecule has 0 spiro atoms. The molecule has 0 aliphatic rings. The number of carbonyl (C=O) groups is 1. The number of nitrogens with zero attached hydrogens (tertiary/aromatic N) is 2. The number of fused-ring (bicyclic) bond motifs is 1. The summed E-state index contributed by atoms with van der Waals surface area (Å²) in [5.41, 5.74) is 6.47. The van der Waals surface area contributed by atoms with Crippen LogP contribution in [0.1, 0.15) is 45.2 Å². The van der Waals surface area contributed by atoms with Gasteiger partial charge in [-0.15, -0.1) is 0 Å². The van der Waals surface area contributed by atoms with E-state index in [9.17, 15) is 9.90 Å². The van der Waals surface area contributed by atoms with Crippen LogP contribution in [-0.2, 0) is 13.0 Å². The lowest BCUT2D eigenvalue weighted by Crippen LogP contribution is -2.30. The zero-order valence-electron chi connectivity index (χ0n) is 18.1. The fraction of sp³-hybridized carbons (Fsp3) is 0.231. The molecule has 0 atom stereocenters. The van der Waals surface area contributed by atoms with Gasteiger partial charge in [0.25, 0.3) is 5.91 Å². The maximum atomic E-state index is 13.3. The molecule has 1 heterocycles. The highest BCUT2D eigenvalue weighted by molar-refractivity contribution is 6.01. The highest BCUT2D eigenvalue weighted by atomic mass is 16.3. The van der Waals surface area contributed by atoms with Gasteiger partial charge in [0, 0.05) is 31.0 Å². The quantitative estimate of drug-likeness (QED) is 0.460. The Morgan fingerprint density at radius 1 is 1.00 bits per heavy atom. The second-order valence-corrected chi connectivity index (χ2v) is 8.06. The number of aromatic amines is 1. The molecule has 1 aromatic heterocycles. The van der Waals surface area contributed by atoms with E-state index >= 15 is 0 Å². The number of amides is 1. The number of H-pyrrole nitrogens is 1. The molecule has 0 unspecified atom stereocenters. The topological polar surface area (TPSA) is 69.2 Å². The molecule has 0 bridgehead atoms. The number of nitrogens with one attached hydrogen (secondary N) is 1. The van der Waals surface area contributed by atoms with Crippen LogP contribution in [0.3, 0.4) is 0 Å². The molecular weight excluding hydrogens is 386 g/mol. The van der Waals surface area contributed by atoms with Crippen LogP contribution in [0, 0.1) is 13.8 Å². The summed E-state index contributed by atoms with van der Waals surface area (Å²) in [7, 11) is 0. The predicted molar refractivity (Wildman–Crippen MR) is 123 cm³/mol. The Bertz CT molecular complexity index is 1230. The lowest BCUT2D eigenvalue weighted by atomic mass is 10.0. The van der Waals surface area contributed by atoms with Crippen molar-refractivity contribution >= 4 is 16.8 Å². The molecule has 1 amide bonds. The largest absolute Gasteiger partial charge is 0.507 e. The molecule has 5 nitrogen and oxygen atoms in total. The second-order valence-electron chi connectivity index (χ2n) is 8.06. The van der Waals surface area contributed by atoms with Crippen LogP contribution in [0.2, 0.25) is 0 Å². The first-order valence-electron chi connectivity index (χ1n) is 10.5. The van der Waals surface area contributed by atoms with Gasteiger partial charge in [0.15, 0.2) is 0 Å². The summed E-state index contributed by atoms with van der Waals surface area (Å²) >= 11 is 0. The van der Waals surface area contributed by atoms with Gasteiger partial charge in [-0.05, 0) is 38.0 Å². The first-order chi connectivity index (χ1) is 14.9. The molecule has 3 aromatic carbocycles. The lowest BCUT2D eigenvalue weighted by molar-refractivity contribution is 0.0749. The van der Waals surface area contributed by atoms with Crippen molar-refractivity contribution in [2.24, 2.45) is 0 Å². The summed E-state index contributed by atoms with van der Waals surface area (Å²) in [6.07, 6.45) is 0.654. The van der Waals surface area contributed by atoms with Gasteiger partial charge in [0.2, 0.25) is 0 Å². The number of carbonyl (C=O) groups excluding carboxylic acids is 1. The summed E-state index contributed by atoms with van der Waals surface area (Å²) in [6, 6.07) is 19.8. The van der Waals surface area contributed by atoms with Crippen LogP contribution in [0.25, 0.3) is 10.9 Å². The molecule has 5 heteroatoms. The zero-order chi connectivity index (χ0) is 22.0. The number of aryl methyl sites for hydroxylation is 2. The number of rotatable bonds is 6. The molecule has 158 valence electrons. The summed E-state index contributed by atoms with van der Waals surface area (Å²) in [4.78, 5) is 15.0. The molecule has 0 saturated carbocycles. The molecule has 31 heavy (non-hydrogen) atoms. The van der Waals surface area contributed by atoms with Crippen LogP contribution in [-0.4, -0.2) is 32.7 Å². The molecule has 0 fully saturated rings. The normalized spacial score (nSPS) is 11.1. The van der Waals surface area contributed by atoms with Crippen LogP contribution >= 0.6 is 0 Å². The van der Waals surface area contributed by atoms with E-state index in [1.165, 1.54) is 11.1 Å². The van der Waals surface area contributed by atoms with Gasteiger partial charge in [0.1, 0.15) is 5.75 Å². The van der Waals surface area contributed by atoms with Gasteiger partial charge in [-0.3, -0.25) is 9.89 Å². The SMILES string of the molecule is CCN(Cc1ccc(C)cc1)C(=O)c1cc2c(Cc3cccc(C)c3)n[nH]c2cc1O. The number of benzene rings is 3. The molecule has 0 aliphatic carbocycles. The summed E-state index contributed by atoms with van der Waals surface area (Å²) in [5.74, 6) is -0.226. The molecular formula is C26H27N3O2. The van der Waals surface area contributed by atoms with Gasteiger partial charge in [0.05, 0.1) is 16.8 Å². The van der Waals surface area contributed by atoms with E-state index in [0.29, 0.717) is 25.1 Å². The number of hydrogen-bond acceptors (Lipinski definition) is 3. The van der Waals surface area contributed by atoms with Crippen molar-refractivity contribution < 1.29 is 9.90 Å². The van der Waals surface area contributed by atoms with E-state index in [2.05, 4.69) is 35.3 Å². The molecule has 0 radical (unpaired) electrons. The monoisotopic (exact) mass is 413 g/mol. The number of aromatic hydroxyl groups is 1. The Balaban J connectivity index is 1.65. The predicted octanol–water partition coefficient (Wildman–Crippen LogP) is 5.14. The average Bonchev–Trinajstić information content (AvgIpc) is 3.13. The maximum Gasteiger partial charge on any atom is 0.257 e. The van der Waals surface area contributed by atoms with Crippen molar-refractivity contribution in [2.45, 2.75) is 33.7 Å². The standard InChI is InChI=1S/C26H27N3O2/c1-4-29(16-19-10-8-17(2)9-11-19)26(31)22-14-21-23(27-28-24(21)15-25(22)30)13-20-7-5-6-18(3)12-20/h5-12,14-15,30H,4,13,16H2,1-3H3,(H,27,28). The molecule has 4 aromatic rings. The van der Waals surface area contributed by atoms with E-state index in [4.69, 9.17) is 0 Å². The molecule has 0 saturated heterocycles. The van der Waals surface area contributed by atoms with E-state index < -0.39 is 0 Å². The summed E-state index contributed by atoms with van der Waals surface area (Å²) in [5, 5.41) is 18.8. The van der Waals surface area contributed by atoms with E-state index in [1.807, 2.05) is 44.2 Å². The Kier molecular flexibility index (Phi) is 5.76. The van der Waals surface area contributed by atoms with E-state index in [1.54, 1.807) is 17.0 Å². The van der Waals surface area contributed by atoms with Crippen molar-refractivity contribution in [1.29, 1.82) is 0 Å². The minimum Gasteiger partial charge on any atom is -0.507 e. The Labute approximate surface area is 182 Å². The van der Waals surface area contributed by atoms with Crippen molar-refractivity contribution in [3.8, 4) is 5.75 Å². The van der Waals surface area contributed by atoms with Crippen LogP contribution in [0.4, 0.5) is 0 Å². The Morgan fingerprint density at radius 2 is 1.77 bits per heavy atom. The Morgan fingerprint density at radius 3 is 2.48 bits per heavy atom. The third-order valence-corrected chi connectivity index (χ3v) is 5.61. The second kappa shape index (κ2) is 8.64. The van der Waals surface area contributed by atoms with Crippen LogP contribution in [0.5, 0.6) is 5.75 Å². The highest BCUT2D eigenvalue weighted by Gasteiger charge is 2.21. The third kappa shape index (κ3) is 4.45. The van der Waals surface area contributed by atoms with Gasteiger partial charge >= 0.3 is 0 Å². The van der Waals surface area contributed by atoms with Crippen molar-refractivity contribution in [3.05, 3.63) is 94.2 Å². The minimum absolute atomic E-state index is 0.0365. The Hall–Kier alpha value is -3.60. The molecule has 4 rings (SSSR count). The van der Waals surface area contributed by atoms with E-state index in [0.717, 1.165) is 27.7 Å².